The Morgan fingerprint density at radius 2 is 2.20 bits per heavy atom. The van der Waals surface area contributed by atoms with E-state index in [0.717, 1.165) is 5.06 Å². The van der Waals surface area contributed by atoms with Gasteiger partial charge in [0.15, 0.2) is 0 Å². The standard InChI is InChI=1S/C3H6ClN3O.Na.H2O/c4-6-1-5-2-7(8)3-6;;/h2,8H,1,3H2;;1H2/q;+1;/p-1. The maximum Gasteiger partial charge on any atom is 1.00 e. The van der Waals surface area contributed by atoms with E-state index in [1.54, 1.807) is 0 Å². The summed E-state index contributed by atoms with van der Waals surface area (Å²) in [7, 11) is 0. The fourth-order valence-electron chi connectivity index (χ4n) is 0.458. The van der Waals surface area contributed by atoms with Crippen molar-refractivity contribution in [2.24, 2.45) is 4.99 Å². The first-order valence-corrected chi connectivity index (χ1v) is 2.49. The van der Waals surface area contributed by atoms with Gasteiger partial charge in [-0.05, 0) is 11.8 Å². The number of aliphatic imine (C=N–C) groups is 1. The number of rotatable bonds is 0. The number of hydroxylamine groups is 2. The average Bonchev–Trinajstić information content (AvgIpc) is 1.64. The molecule has 0 fully saturated rings. The van der Waals surface area contributed by atoms with Gasteiger partial charge < -0.3 is 5.48 Å². The van der Waals surface area contributed by atoms with Crippen molar-refractivity contribution in [3.63, 3.8) is 0 Å². The topological polar surface area (TPSA) is 69.1 Å². The van der Waals surface area contributed by atoms with E-state index in [9.17, 15) is 0 Å². The quantitative estimate of drug-likeness (QED) is 0.313. The van der Waals surface area contributed by atoms with Gasteiger partial charge >= 0.3 is 29.6 Å². The number of halogens is 1. The van der Waals surface area contributed by atoms with Crippen molar-refractivity contribution < 1.29 is 40.2 Å². The summed E-state index contributed by atoms with van der Waals surface area (Å²) in [5, 5.41) is 9.55. The van der Waals surface area contributed by atoms with Gasteiger partial charge in [0.05, 0.1) is 0 Å². The van der Waals surface area contributed by atoms with Gasteiger partial charge in [0.2, 0.25) is 0 Å². The van der Waals surface area contributed by atoms with Crippen LogP contribution in [0.15, 0.2) is 4.99 Å². The van der Waals surface area contributed by atoms with Crippen molar-refractivity contribution in [1.29, 1.82) is 0 Å². The van der Waals surface area contributed by atoms with Crippen LogP contribution in [0, 0.1) is 0 Å². The van der Waals surface area contributed by atoms with Gasteiger partial charge in [0.1, 0.15) is 19.7 Å². The molecular weight excluding hydrogens is 168 g/mol. The predicted octanol–water partition coefficient (Wildman–Crippen LogP) is -3.08. The van der Waals surface area contributed by atoms with Gasteiger partial charge in [0.25, 0.3) is 0 Å². The average molecular weight is 176 g/mol. The SMILES string of the molecule is ON1C=NCN(Cl)C1.[Na+].[OH-]. The molecular formula is C3H7ClN3NaO2. The van der Waals surface area contributed by atoms with Gasteiger partial charge in [-0.1, -0.05) is 0 Å². The van der Waals surface area contributed by atoms with Gasteiger partial charge in [-0.3, -0.25) is 10.2 Å². The zero-order chi connectivity index (χ0) is 5.98. The van der Waals surface area contributed by atoms with Gasteiger partial charge in [0, 0.05) is 0 Å². The molecule has 0 saturated carbocycles. The van der Waals surface area contributed by atoms with Crippen molar-refractivity contribution in [2.75, 3.05) is 13.3 Å². The summed E-state index contributed by atoms with van der Waals surface area (Å²) in [4.78, 5) is 3.68. The van der Waals surface area contributed by atoms with Crippen LogP contribution < -0.4 is 29.6 Å². The molecule has 1 aliphatic heterocycles. The molecule has 0 atom stereocenters. The maximum absolute atomic E-state index is 8.64. The summed E-state index contributed by atoms with van der Waals surface area (Å²) in [6.45, 7) is 0.754. The molecule has 1 rings (SSSR count). The molecule has 0 radical (unpaired) electrons. The van der Waals surface area contributed by atoms with Crippen LogP contribution in [0.4, 0.5) is 0 Å². The summed E-state index contributed by atoms with van der Waals surface area (Å²) in [5.41, 5.74) is 0. The molecule has 0 aromatic carbocycles. The number of nitrogens with zero attached hydrogens (tertiary/aromatic N) is 3. The number of hydrogen-bond donors (Lipinski definition) is 1. The van der Waals surface area contributed by atoms with Crippen LogP contribution in [0.2, 0.25) is 0 Å². The van der Waals surface area contributed by atoms with E-state index in [2.05, 4.69) is 4.99 Å². The van der Waals surface area contributed by atoms with Crippen molar-refractivity contribution in [2.45, 2.75) is 0 Å². The first-order valence-electron chi connectivity index (χ1n) is 2.15. The van der Waals surface area contributed by atoms with Crippen molar-refractivity contribution in [3.05, 3.63) is 0 Å². The van der Waals surface area contributed by atoms with Crippen molar-refractivity contribution in [3.8, 4) is 0 Å². The van der Waals surface area contributed by atoms with Crippen LogP contribution in [0.3, 0.4) is 0 Å². The number of hydrogen-bond acceptors (Lipinski definition) is 5. The van der Waals surface area contributed by atoms with Crippen LogP contribution in [-0.2, 0) is 0 Å². The van der Waals surface area contributed by atoms with E-state index >= 15 is 0 Å². The van der Waals surface area contributed by atoms with E-state index < -0.39 is 0 Å². The fraction of sp³-hybridized carbons (Fsp3) is 0.667. The fourth-order valence-corrected chi connectivity index (χ4v) is 0.629. The van der Waals surface area contributed by atoms with Crippen LogP contribution in [0.25, 0.3) is 0 Å². The Hall–Kier alpha value is 0.640. The van der Waals surface area contributed by atoms with E-state index in [0.29, 0.717) is 13.3 Å². The second-order valence-corrected chi connectivity index (χ2v) is 1.96. The largest absolute Gasteiger partial charge is 1.00 e. The molecule has 10 heavy (non-hydrogen) atoms. The third-order valence-electron chi connectivity index (χ3n) is 0.748. The van der Waals surface area contributed by atoms with Crippen molar-refractivity contribution >= 4 is 18.1 Å². The third-order valence-corrected chi connectivity index (χ3v) is 0.962. The van der Waals surface area contributed by atoms with Gasteiger partial charge in [-0.15, -0.1) is 0 Å². The Balaban J connectivity index is 0. The molecule has 7 heteroatoms. The van der Waals surface area contributed by atoms with Crippen LogP contribution in [0.5, 0.6) is 0 Å². The Kier molecular flexibility index (Phi) is 8.42. The molecule has 0 amide bonds. The summed E-state index contributed by atoms with van der Waals surface area (Å²) in [6, 6.07) is 0. The molecule has 2 N–H and O–H groups in total. The molecule has 0 aliphatic carbocycles. The first-order chi connectivity index (χ1) is 3.79. The Morgan fingerprint density at radius 3 is 2.50 bits per heavy atom. The minimum absolute atomic E-state index is 0. The zero-order valence-corrected chi connectivity index (χ0v) is 8.36. The molecule has 0 unspecified atom stereocenters. The second kappa shape index (κ2) is 6.36. The molecule has 0 bridgehead atoms. The summed E-state index contributed by atoms with van der Waals surface area (Å²) < 4.78 is 1.36. The Labute approximate surface area is 85.9 Å². The first kappa shape index (κ1) is 13.2. The Bertz CT molecular complexity index is 114. The molecule has 54 valence electrons. The molecule has 0 aromatic rings. The van der Waals surface area contributed by atoms with Gasteiger partial charge in [-0.2, -0.15) is 4.42 Å². The summed E-state index contributed by atoms with van der Waals surface area (Å²) >= 11 is 5.43. The van der Waals surface area contributed by atoms with E-state index in [1.807, 2.05) is 0 Å². The Morgan fingerprint density at radius 1 is 1.60 bits per heavy atom. The minimum atomic E-state index is 0. The van der Waals surface area contributed by atoms with E-state index in [-0.39, 0.29) is 35.0 Å². The van der Waals surface area contributed by atoms with E-state index in [4.69, 9.17) is 17.0 Å². The molecule has 0 aromatic heterocycles. The summed E-state index contributed by atoms with van der Waals surface area (Å²) in [6.07, 6.45) is 1.33. The molecule has 0 spiro atoms. The van der Waals surface area contributed by atoms with Gasteiger partial charge in [-0.25, -0.2) is 5.06 Å². The van der Waals surface area contributed by atoms with E-state index in [1.165, 1.54) is 10.8 Å². The van der Waals surface area contributed by atoms with Crippen molar-refractivity contribution in [1.82, 2.24) is 9.48 Å². The second-order valence-electron chi connectivity index (χ2n) is 1.48. The smallest absolute Gasteiger partial charge is 0.870 e. The summed E-state index contributed by atoms with van der Waals surface area (Å²) in [5.74, 6) is 0. The molecule has 1 heterocycles. The zero-order valence-electron chi connectivity index (χ0n) is 5.61. The molecule has 1 aliphatic rings. The monoisotopic (exact) mass is 175 g/mol. The normalized spacial score (nSPS) is 17.6. The molecule has 0 saturated heterocycles. The predicted molar refractivity (Wildman–Crippen MR) is 31.5 cm³/mol. The minimum Gasteiger partial charge on any atom is -0.870 e. The maximum atomic E-state index is 8.64. The van der Waals surface area contributed by atoms with Crippen LogP contribution in [0.1, 0.15) is 0 Å². The molecule has 5 nitrogen and oxygen atoms in total. The van der Waals surface area contributed by atoms with Crippen LogP contribution >= 0.6 is 11.8 Å². The third kappa shape index (κ3) is 4.45. The van der Waals surface area contributed by atoms with Crippen LogP contribution in [-0.4, -0.2) is 39.8 Å².